The number of para-hydroxylation sites is 1. The molecule has 166 valence electrons. The fourth-order valence-corrected chi connectivity index (χ4v) is 2.97. The second-order valence-electron chi connectivity index (χ2n) is 6.38. The zero-order valence-electron chi connectivity index (χ0n) is 13.8. The Labute approximate surface area is 157 Å². The molecule has 0 saturated heterocycles. The van der Waals surface area contributed by atoms with Crippen LogP contribution in [0.5, 0.6) is 0 Å². The van der Waals surface area contributed by atoms with Crippen molar-refractivity contribution >= 4 is 5.69 Å². The summed E-state index contributed by atoms with van der Waals surface area (Å²) in [5.74, 6) is -42.6. The second-order valence-corrected chi connectivity index (χ2v) is 6.38. The lowest BCUT2D eigenvalue weighted by Gasteiger charge is -2.27. The van der Waals surface area contributed by atoms with Gasteiger partial charge in [0.2, 0.25) is 0 Å². The summed E-state index contributed by atoms with van der Waals surface area (Å²) in [5.41, 5.74) is -10.5. The highest BCUT2D eigenvalue weighted by Crippen LogP contribution is 2.68. The van der Waals surface area contributed by atoms with Gasteiger partial charge in [0.25, 0.3) is 0 Å². The molecular formula is C16H6F13N. The van der Waals surface area contributed by atoms with E-state index in [2.05, 4.69) is 0 Å². The molecule has 0 amide bonds. The SMILES string of the molecule is FC1=C(C2=C(Nc3ccccc3)C(F)(F)C(F)(F)C2(F)F)C(F)(F)C(F)(F)C1(F)F. The van der Waals surface area contributed by atoms with Crippen LogP contribution in [0.25, 0.3) is 0 Å². The van der Waals surface area contributed by atoms with Crippen LogP contribution in [0.15, 0.2) is 53.0 Å². The number of alkyl halides is 12. The van der Waals surface area contributed by atoms with E-state index in [9.17, 15) is 57.1 Å². The highest BCUT2D eigenvalue weighted by molar-refractivity contribution is 5.64. The number of nitrogens with one attached hydrogen (secondary N) is 1. The second kappa shape index (κ2) is 5.84. The van der Waals surface area contributed by atoms with E-state index in [-0.39, 0.29) is 0 Å². The van der Waals surface area contributed by atoms with Crippen molar-refractivity contribution in [3.05, 3.63) is 53.0 Å². The van der Waals surface area contributed by atoms with Gasteiger partial charge in [0.15, 0.2) is 5.83 Å². The summed E-state index contributed by atoms with van der Waals surface area (Å²) in [7, 11) is 0. The smallest absolute Gasteiger partial charge is 0.353 e. The summed E-state index contributed by atoms with van der Waals surface area (Å²) in [6.07, 6.45) is 0. The summed E-state index contributed by atoms with van der Waals surface area (Å²) >= 11 is 0. The molecule has 1 aromatic rings. The third-order valence-corrected chi connectivity index (χ3v) is 4.56. The molecule has 0 atom stereocenters. The normalized spacial score (nSPS) is 27.5. The minimum Gasteiger partial charge on any atom is -0.353 e. The van der Waals surface area contributed by atoms with Gasteiger partial charge in [0.05, 0.1) is 11.1 Å². The Bertz CT molecular complexity index is 943. The van der Waals surface area contributed by atoms with E-state index in [1.807, 2.05) is 0 Å². The van der Waals surface area contributed by atoms with Crippen molar-refractivity contribution in [2.45, 2.75) is 35.5 Å². The third-order valence-electron chi connectivity index (χ3n) is 4.56. The number of hydrogen-bond acceptors (Lipinski definition) is 1. The van der Waals surface area contributed by atoms with Gasteiger partial charge in [-0.25, -0.2) is 4.39 Å². The van der Waals surface area contributed by atoms with Gasteiger partial charge in [0, 0.05) is 5.69 Å². The van der Waals surface area contributed by atoms with Gasteiger partial charge in [0.1, 0.15) is 5.70 Å². The molecule has 0 heterocycles. The maximum Gasteiger partial charge on any atom is 0.383 e. The van der Waals surface area contributed by atoms with Gasteiger partial charge in [-0.1, -0.05) is 18.2 Å². The van der Waals surface area contributed by atoms with E-state index in [4.69, 9.17) is 0 Å². The Balaban J connectivity index is 2.40. The lowest BCUT2D eigenvalue weighted by Crippen LogP contribution is -2.51. The van der Waals surface area contributed by atoms with Crippen molar-refractivity contribution in [2.75, 3.05) is 5.32 Å². The maximum absolute atomic E-state index is 14.2. The van der Waals surface area contributed by atoms with Crippen LogP contribution >= 0.6 is 0 Å². The maximum atomic E-state index is 14.2. The molecule has 0 spiro atoms. The average molecular weight is 459 g/mol. The molecule has 0 saturated carbocycles. The molecule has 0 unspecified atom stereocenters. The lowest BCUT2D eigenvalue weighted by atomic mass is 9.96. The molecule has 3 rings (SSSR count). The molecule has 0 aliphatic heterocycles. The Morgan fingerprint density at radius 2 is 0.967 bits per heavy atom. The largest absolute Gasteiger partial charge is 0.383 e. The Morgan fingerprint density at radius 1 is 0.533 bits per heavy atom. The summed E-state index contributed by atoms with van der Waals surface area (Å²) in [4.78, 5) is 0. The summed E-state index contributed by atoms with van der Waals surface area (Å²) in [6.45, 7) is 0. The molecule has 1 aromatic carbocycles. The predicted molar refractivity (Wildman–Crippen MR) is 74.9 cm³/mol. The van der Waals surface area contributed by atoms with E-state index < -0.39 is 63.9 Å². The molecule has 30 heavy (non-hydrogen) atoms. The average Bonchev–Trinajstić information content (AvgIpc) is 2.77. The molecule has 0 bridgehead atoms. The van der Waals surface area contributed by atoms with Gasteiger partial charge < -0.3 is 5.32 Å². The molecule has 1 nitrogen and oxygen atoms in total. The molecule has 14 heteroatoms. The quantitative estimate of drug-likeness (QED) is 0.515. The summed E-state index contributed by atoms with van der Waals surface area (Å²) < 4.78 is 179. The van der Waals surface area contributed by atoms with E-state index in [0.29, 0.717) is 0 Å². The monoisotopic (exact) mass is 459 g/mol. The first-order valence-electron chi connectivity index (χ1n) is 7.62. The first-order valence-corrected chi connectivity index (χ1v) is 7.62. The van der Waals surface area contributed by atoms with Crippen molar-refractivity contribution < 1.29 is 57.1 Å². The Morgan fingerprint density at radius 3 is 1.40 bits per heavy atom. The first-order chi connectivity index (χ1) is 13.4. The van der Waals surface area contributed by atoms with Crippen LogP contribution in [0, 0.1) is 0 Å². The fourth-order valence-electron chi connectivity index (χ4n) is 2.97. The van der Waals surface area contributed by atoms with Crippen LogP contribution < -0.4 is 5.32 Å². The summed E-state index contributed by atoms with van der Waals surface area (Å²) in [5, 5.41) is 1.23. The molecule has 0 fully saturated rings. The van der Waals surface area contributed by atoms with E-state index in [1.165, 1.54) is 11.4 Å². The summed E-state index contributed by atoms with van der Waals surface area (Å²) in [6, 6.07) is 4.88. The van der Waals surface area contributed by atoms with E-state index in [1.54, 1.807) is 0 Å². The minimum absolute atomic E-state index is 0.709. The zero-order valence-corrected chi connectivity index (χ0v) is 13.8. The number of rotatable bonds is 3. The van der Waals surface area contributed by atoms with Crippen molar-refractivity contribution in [3.8, 4) is 0 Å². The van der Waals surface area contributed by atoms with Crippen molar-refractivity contribution in [2.24, 2.45) is 0 Å². The standard InChI is InChI=1S/C16H6F13N/c17-9-7(11(18,19)15(26,27)13(9,22)23)8-10(30-6-4-2-1-3-5-6)14(24,25)16(28,29)12(8,20)21/h1-5,30H. The number of benzene rings is 1. The van der Waals surface area contributed by atoms with Gasteiger partial charge >= 0.3 is 35.5 Å². The van der Waals surface area contributed by atoms with E-state index in [0.717, 1.165) is 24.3 Å². The minimum atomic E-state index is -6.70. The number of anilines is 1. The number of hydrogen-bond donors (Lipinski definition) is 1. The highest BCUT2D eigenvalue weighted by Gasteiger charge is 2.87. The molecule has 2 aliphatic rings. The van der Waals surface area contributed by atoms with Gasteiger partial charge in [-0.2, -0.15) is 52.7 Å². The molecule has 2 aliphatic carbocycles. The highest BCUT2D eigenvalue weighted by atomic mass is 19.4. The number of halogens is 13. The number of allylic oxidation sites excluding steroid dienone is 4. The van der Waals surface area contributed by atoms with Gasteiger partial charge in [-0.05, 0) is 12.1 Å². The molecular weight excluding hydrogens is 453 g/mol. The molecule has 0 radical (unpaired) electrons. The topological polar surface area (TPSA) is 12.0 Å². The molecule has 0 aromatic heterocycles. The lowest BCUT2D eigenvalue weighted by molar-refractivity contribution is -0.272. The van der Waals surface area contributed by atoms with Crippen LogP contribution in [0.4, 0.5) is 62.8 Å². The van der Waals surface area contributed by atoms with Crippen LogP contribution in [-0.2, 0) is 0 Å². The predicted octanol–water partition coefficient (Wildman–Crippen LogP) is 6.42. The zero-order chi connectivity index (χ0) is 23.1. The Kier molecular flexibility index (Phi) is 4.34. The van der Waals surface area contributed by atoms with Crippen LogP contribution in [0.3, 0.4) is 0 Å². The molecule has 1 N–H and O–H groups in total. The van der Waals surface area contributed by atoms with Crippen molar-refractivity contribution in [1.82, 2.24) is 0 Å². The first kappa shape index (κ1) is 22.3. The van der Waals surface area contributed by atoms with Crippen molar-refractivity contribution in [3.63, 3.8) is 0 Å². The fraction of sp³-hybridized carbons (Fsp3) is 0.375. The van der Waals surface area contributed by atoms with E-state index >= 15 is 0 Å². The van der Waals surface area contributed by atoms with Crippen LogP contribution in [0.2, 0.25) is 0 Å². The Hall–Kier alpha value is -2.41. The van der Waals surface area contributed by atoms with Gasteiger partial charge in [-0.15, -0.1) is 0 Å². The third kappa shape index (κ3) is 2.32. The van der Waals surface area contributed by atoms with Crippen molar-refractivity contribution in [1.29, 1.82) is 0 Å². The van der Waals surface area contributed by atoms with Crippen LogP contribution in [0.1, 0.15) is 0 Å². The van der Waals surface area contributed by atoms with Crippen LogP contribution in [-0.4, -0.2) is 35.5 Å². The van der Waals surface area contributed by atoms with Gasteiger partial charge in [-0.3, -0.25) is 0 Å².